The van der Waals surface area contributed by atoms with Crippen LogP contribution in [0.3, 0.4) is 0 Å². The second-order valence-corrected chi connectivity index (χ2v) is 8.14. The summed E-state index contributed by atoms with van der Waals surface area (Å²) in [4.78, 5) is 29.8. The Labute approximate surface area is 164 Å². The quantitative estimate of drug-likeness (QED) is 0.732. The van der Waals surface area contributed by atoms with Crippen LogP contribution in [0.25, 0.3) is 0 Å². The number of anilines is 1. The van der Waals surface area contributed by atoms with Gasteiger partial charge in [0.15, 0.2) is 0 Å². The summed E-state index contributed by atoms with van der Waals surface area (Å²) in [7, 11) is -3.75. The Kier molecular flexibility index (Phi) is 6.25. The van der Waals surface area contributed by atoms with Gasteiger partial charge >= 0.3 is 0 Å². The average molecular weight is 402 g/mol. The van der Waals surface area contributed by atoms with E-state index in [2.05, 4.69) is 15.0 Å². The molecule has 1 aliphatic heterocycles. The van der Waals surface area contributed by atoms with Crippen molar-refractivity contribution < 1.29 is 18.0 Å². The Hall–Kier alpha value is -2.94. The zero-order valence-corrected chi connectivity index (χ0v) is 16.1. The van der Waals surface area contributed by atoms with Crippen molar-refractivity contribution >= 4 is 27.5 Å². The zero-order valence-electron chi connectivity index (χ0n) is 15.3. The molecular weight excluding hydrogens is 380 g/mol. The van der Waals surface area contributed by atoms with Gasteiger partial charge in [-0.05, 0) is 49.2 Å². The van der Waals surface area contributed by atoms with E-state index in [9.17, 15) is 18.0 Å². The summed E-state index contributed by atoms with van der Waals surface area (Å²) in [5, 5.41) is 2.69. The Morgan fingerprint density at radius 1 is 1.00 bits per heavy atom. The van der Waals surface area contributed by atoms with Crippen molar-refractivity contribution in [1.29, 1.82) is 0 Å². The predicted octanol–water partition coefficient (Wildman–Crippen LogP) is 1.62. The van der Waals surface area contributed by atoms with Crippen LogP contribution in [-0.4, -0.2) is 49.8 Å². The molecule has 28 heavy (non-hydrogen) atoms. The summed E-state index contributed by atoms with van der Waals surface area (Å²) >= 11 is 0. The second kappa shape index (κ2) is 8.83. The zero-order chi connectivity index (χ0) is 20.0. The molecular formula is C19H22N4O4S. The summed E-state index contributed by atoms with van der Waals surface area (Å²) in [6, 6.07) is 8.71. The molecule has 2 amide bonds. The van der Waals surface area contributed by atoms with Crippen LogP contribution in [0.4, 0.5) is 5.69 Å². The third kappa shape index (κ3) is 5.07. The van der Waals surface area contributed by atoms with Crippen LogP contribution in [0.2, 0.25) is 0 Å². The fraction of sp³-hybridized carbons (Fsp3) is 0.316. The maximum absolute atomic E-state index is 12.4. The van der Waals surface area contributed by atoms with Gasteiger partial charge in [-0.3, -0.25) is 19.3 Å². The molecule has 8 nitrogen and oxygen atoms in total. The van der Waals surface area contributed by atoms with Crippen LogP contribution in [0.15, 0.2) is 53.7 Å². The summed E-state index contributed by atoms with van der Waals surface area (Å²) in [6.07, 6.45) is 5.29. The number of carbonyl (C=O) groups excluding carboxylic acids is 2. The molecule has 2 aromatic rings. The highest BCUT2D eigenvalue weighted by molar-refractivity contribution is 7.92. The Morgan fingerprint density at radius 3 is 2.29 bits per heavy atom. The van der Waals surface area contributed by atoms with E-state index in [1.165, 1.54) is 36.7 Å². The van der Waals surface area contributed by atoms with E-state index in [1.807, 2.05) is 4.90 Å². The number of rotatable bonds is 7. The number of nitrogens with one attached hydrogen (secondary N) is 2. The monoisotopic (exact) mass is 402 g/mol. The minimum Gasteiger partial charge on any atom is -0.352 e. The standard InChI is InChI=1S/C19H22N4O4S/c24-18(23-13-1-2-14-23)9-12-21-19(25)15-3-5-17(6-4-15)28(26,27)22-16-7-10-20-11-8-16/h3-8,10-11H,1-2,9,12-14H2,(H,20,22)(H,21,25). The van der Waals surface area contributed by atoms with Crippen molar-refractivity contribution in [2.75, 3.05) is 24.4 Å². The molecule has 2 N–H and O–H groups in total. The lowest BCUT2D eigenvalue weighted by molar-refractivity contribution is -0.129. The molecule has 1 fully saturated rings. The van der Waals surface area contributed by atoms with Crippen LogP contribution in [0.5, 0.6) is 0 Å². The third-order valence-corrected chi connectivity index (χ3v) is 5.84. The van der Waals surface area contributed by atoms with Crippen LogP contribution in [0, 0.1) is 0 Å². The minimum absolute atomic E-state index is 0.0430. The van der Waals surface area contributed by atoms with Crippen molar-refractivity contribution in [3.8, 4) is 0 Å². The molecule has 1 saturated heterocycles. The molecule has 0 radical (unpaired) electrons. The highest BCUT2D eigenvalue weighted by atomic mass is 32.2. The Bertz CT molecular complexity index is 924. The number of hydrogen-bond acceptors (Lipinski definition) is 5. The molecule has 0 aliphatic carbocycles. The molecule has 1 aromatic heterocycles. The molecule has 2 heterocycles. The van der Waals surface area contributed by atoms with Crippen molar-refractivity contribution in [3.05, 3.63) is 54.4 Å². The number of aromatic nitrogens is 1. The fourth-order valence-corrected chi connectivity index (χ4v) is 3.99. The van der Waals surface area contributed by atoms with Gasteiger partial charge in [-0.25, -0.2) is 8.42 Å². The van der Waals surface area contributed by atoms with E-state index < -0.39 is 10.0 Å². The van der Waals surface area contributed by atoms with E-state index in [0.717, 1.165) is 25.9 Å². The van der Waals surface area contributed by atoms with E-state index in [0.29, 0.717) is 11.3 Å². The van der Waals surface area contributed by atoms with Gasteiger partial charge in [0.1, 0.15) is 0 Å². The molecule has 9 heteroatoms. The number of likely N-dealkylation sites (tertiary alicyclic amines) is 1. The van der Waals surface area contributed by atoms with E-state index >= 15 is 0 Å². The van der Waals surface area contributed by atoms with Gasteiger partial charge in [0, 0.05) is 44.0 Å². The topological polar surface area (TPSA) is 108 Å². The molecule has 0 atom stereocenters. The highest BCUT2D eigenvalue weighted by Gasteiger charge is 2.18. The summed E-state index contributed by atoms with van der Waals surface area (Å²) in [5.74, 6) is -0.304. The first-order chi connectivity index (χ1) is 13.5. The first-order valence-corrected chi connectivity index (χ1v) is 10.5. The largest absolute Gasteiger partial charge is 0.352 e. The van der Waals surface area contributed by atoms with Gasteiger partial charge in [-0.2, -0.15) is 0 Å². The summed E-state index contributed by atoms with van der Waals surface area (Å²) < 4.78 is 27.2. The summed E-state index contributed by atoms with van der Waals surface area (Å²) in [6.45, 7) is 1.82. The number of nitrogens with zero attached hydrogens (tertiary/aromatic N) is 2. The summed E-state index contributed by atoms with van der Waals surface area (Å²) in [5.41, 5.74) is 0.732. The molecule has 0 unspecified atom stereocenters. The number of pyridine rings is 1. The van der Waals surface area contributed by atoms with Gasteiger partial charge in [-0.15, -0.1) is 0 Å². The van der Waals surface area contributed by atoms with Gasteiger partial charge in [0.2, 0.25) is 5.91 Å². The maximum Gasteiger partial charge on any atom is 0.261 e. The number of hydrogen-bond donors (Lipinski definition) is 2. The molecule has 0 bridgehead atoms. The molecule has 0 saturated carbocycles. The normalized spacial score (nSPS) is 13.9. The van der Waals surface area contributed by atoms with E-state index in [1.54, 1.807) is 12.1 Å². The third-order valence-electron chi connectivity index (χ3n) is 4.44. The average Bonchev–Trinajstić information content (AvgIpc) is 3.23. The first-order valence-electron chi connectivity index (χ1n) is 9.04. The van der Waals surface area contributed by atoms with Crippen LogP contribution in [-0.2, 0) is 14.8 Å². The lowest BCUT2D eigenvalue weighted by Crippen LogP contribution is -2.32. The molecule has 1 aromatic carbocycles. The van der Waals surface area contributed by atoms with Gasteiger partial charge in [0.05, 0.1) is 10.6 Å². The molecule has 1 aliphatic rings. The Morgan fingerprint density at radius 2 is 1.64 bits per heavy atom. The molecule has 3 rings (SSSR count). The second-order valence-electron chi connectivity index (χ2n) is 6.46. The van der Waals surface area contributed by atoms with Crippen LogP contribution < -0.4 is 10.0 Å². The molecule has 0 spiro atoms. The Balaban J connectivity index is 1.54. The van der Waals surface area contributed by atoms with Crippen molar-refractivity contribution in [2.45, 2.75) is 24.2 Å². The fourth-order valence-electron chi connectivity index (χ4n) is 2.93. The smallest absolute Gasteiger partial charge is 0.261 e. The minimum atomic E-state index is -3.75. The van der Waals surface area contributed by atoms with E-state index in [-0.39, 0.29) is 29.7 Å². The lowest BCUT2D eigenvalue weighted by atomic mass is 10.2. The van der Waals surface area contributed by atoms with Crippen molar-refractivity contribution in [2.24, 2.45) is 0 Å². The van der Waals surface area contributed by atoms with E-state index in [4.69, 9.17) is 0 Å². The van der Waals surface area contributed by atoms with Crippen molar-refractivity contribution in [3.63, 3.8) is 0 Å². The maximum atomic E-state index is 12.4. The number of benzene rings is 1. The first kappa shape index (κ1) is 19.8. The predicted molar refractivity (Wildman–Crippen MR) is 104 cm³/mol. The van der Waals surface area contributed by atoms with Gasteiger partial charge in [-0.1, -0.05) is 0 Å². The number of sulfonamides is 1. The molecule has 148 valence electrons. The van der Waals surface area contributed by atoms with Crippen LogP contribution in [0.1, 0.15) is 29.6 Å². The van der Waals surface area contributed by atoms with Gasteiger partial charge < -0.3 is 10.2 Å². The van der Waals surface area contributed by atoms with Crippen molar-refractivity contribution in [1.82, 2.24) is 15.2 Å². The van der Waals surface area contributed by atoms with Gasteiger partial charge in [0.25, 0.3) is 15.9 Å². The number of carbonyl (C=O) groups is 2. The number of amides is 2. The van der Waals surface area contributed by atoms with Crippen LogP contribution >= 0.6 is 0 Å². The SMILES string of the molecule is O=C(NCCC(=O)N1CCCC1)c1ccc(S(=O)(=O)Nc2ccncc2)cc1. The highest BCUT2D eigenvalue weighted by Crippen LogP contribution is 2.16. The lowest BCUT2D eigenvalue weighted by Gasteiger charge is -2.15.